The number of rotatable bonds is 6. The van der Waals surface area contributed by atoms with E-state index in [2.05, 4.69) is 10.0 Å². The highest BCUT2D eigenvalue weighted by atomic mass is 35.5. The second-order valence-corrected chi connectivity index (χ2v) is 9.02. The fourth-order valence-corrected chi connectivity index (χ4v) is 4.34. The van der Waals surface area contributed by atoms with Gasteiger partial charge in [0.1, 0.15) is 5.75 Å². The van der Waals surface area contributed by atoms with Crippen molar-refractivity contribution in [3.05, 3.63) is 81.3 Å². The fraction of sp³-hybridized carbons (Fsp3) is 0.0500. The largest absolute Gasteiger partial charge is 0.495 e. The molecule has 0 heterocycles. The van der Waals surface area contributed by atoms with Crippen LogP contribution in [-0.4, -0.2) is 21.4 Å². The number of ether oxygens (including phenoxy) is 1. The van der Waals surface area contributed by atoms with Gasteiger partial charge in [0.15, 0.2) is 0 Å². The first-order chi connectivity index (χ1) is 14.2. The first kappa shape index (κ1) is 22.2. The van der Waals surface area contributed by atoms with Gasteiger partial charge in [0.2, 0.25) is 0 Å². The lowest BCUT2D eigenvalue weighted by Gasteiger charge is -2.14. The monoisotopic (exact) mass is 484 g/mol. The fourth-order valence-electron chi connectivity index (χ4n) is 2.58. The molecular weight excluding hydrogens is 471 g/mol. The summed E-state index contributed by atoms with van der Waals surface area (Å²) in [5.41, 5.74) is 0.632. The van der Waals surface area contributed by atoms with E-state index in [-0.39, 0.29) is 26.9 Å². The molecule has 0 unspecified atom stereocenters. The highest BCUT2D eigenvalue weighted by molar-refractivity contribution is 7.92. The molecule has 0 aliphatic heterocycles. The smallest absolute Gasteiger partial charge is 0.261 e. The summed E-state index contributed by atoms with van der Waals surface area (Å²) in [6, 6.07) is 14.8. The van der Waals surface area contributed by atoms with Crippen LogP contribution in [-0.2, 0) is 10.0 Å². The molecule has 156 valence electrons. The van der Waals surface area contributed by atoms with Crippen LogP contribution in [0.5, 0.6) is 5.75 Å². The van der Waals surface area contributed by atoms with E-state index in [0.29, 0.717) is 15.7 Å². The van der Waals surface area contributed by atoms with Crippen molar-refractivity contribution < 1.29 is 17.9 Å². The van der Waals surface area contributed by atoms with Crippen molar-refractivity contribution in [3.63, 3.8) is 0 Å². The Hall–Kier alpha value is -2.45. The average molecular weight is 486 g/mol. The molecule has 0 saturated heterocycles. The minimum atomic E-state index is -3.95. The molecule has 3 aromatic rings. The number of methoxy groups -OCH3 is 1. The average Bonchev–Trinajstić information content (AvgIpc) is 2.67. The zero-order valence-corrected chi connectivity index (χ0v) is 18.5. The number of carbonyl (C=O) groups is 1. The molecule has 30 heavy (non-hydrogen) atoms. The molecule has 0 bridgehead atoms. The predicted octanol–water partition coefficient (Wildman–Crippen LogP) is 5.71. The molecule has 3 aromatic carbocycles. The number of amides is 1. The number of hydrogen-bond donors (Lipinski definition) is 2. The minimum Gasteiger partial charge on any atom is -0.495 e. The molecule has 0 fully saturated rings. The Bertz CT molecular complexity index is 1220. The Morgan fingerprint density at radius 1 is 0.933 bits per heavy atom. The summed E-state index contributed by atoms with van der Waals surface area (Å²) in [6.07, 6.45) is 0. The van der Waals surface area contributed by atoms with Crippen LogP contribution in [0.4, 0.5) is 11.4 Å². The van der Waals surface area contributed by atoms with E-state index in [4.69, 9.17) is 39.5 Å². The van der Waals surface area contributed by atoms with E-state index in [1.54, 1.807) is 18.2 Å². The lowest BCUT2D eigenvalue weighted by Crippen LogP contribution is -2.16. The van der Waals surface area contributed by atoms with Gasteiger partial charge in [0.05, 0.1) is 34.0 Å². The molecule has 0 spiro atoms. The number of carbonyl (C=O) groups excluding carboxylic acids is 1. The summed E-state index contributed by atoms with van der Waals surface area (Å²) >= 11 is 17.8. The molecule has 3 rings (SSSR count). The number of halogens is 3. The van der Waals surface area contributed by atoms with Gasteiger partial charge in [-0.05, 0) is 54.6 Å². The first-order valence-corrected chi connectivity index (χ1v) is 11.0. The SMILES string of the molecule is COc1ccc(S(=O)(=O)Nc2cccc(Cl)c2)cc1NC(=O)c1ccc(Cl)cc1Cl. The van der Waals surface area contributed by atoms with E-state index >= 15 is 0 Å². The van der Waals surface area contributed by atoms with Crippen molar-refractivity contribution in [3.8, 4) is 5.75 Å². The topological polar surface area (TPSA) is 84.5 Å². The van der Waals surface area contributed by atoms with Crippen molar-refractivity contribution in [1.29, 1.82) is 0 Å². The molecule has 0 aliphatic rings. The molecule has 0 atom stereocenters. The number of nitrogens with one attached hydrogen (secondary N) is 2. The van der Waals surface area contributed by atoms with Gasteiger partial charge in [0.25, 0.3) is 15.9 Å². The van der Waals surface area contributed by atoms with Gasteiger partial charge in [-0.1, -0.05) is 40.9 Å². The predicted molar refractivity (Wildman–Crippen MR) is 120 cm³/mol. The summed E-state index contributed by atoms with van der Waals surface area (Å²) in [4.78, 5) is 12.5. The van der Waals surface area contributed by atoms with E-state index in [1.807, 2.05) is 0 Å². The molecule has 0 aromatic heterocycles. The van der Waals surface area contributed by atoms with Crippen molar-refractivity contribution in [2.75, 3.05) is 17.1 Å². The molecule has 0 radical (unpaired) electrons. The maximum atomic E-state index is 12.8. The Morgan fingerprint density at radius 2 is 1.67 bits per heavy atom. The number of benzene rings is 3. The second kappa shape index (κ2) is 9.14. The van der Waals surface area contributed by atoms with E-state index in [1.165, 1.54) is 49.6 Å². The van der Waals surface area contributed by atoms with Crippen LogP contribution in [0.1, 0.15) is 10.4 Å². The lowest BCUT2D eigenvalue weighted by molar-refractivity contribution is 0.102. The molecule has 6 nitrogen and oxygen atoms in total. The summed E-state index contributed by atoms with van der Waals surface area (Å²) in [5, 5.41) is 3.55. The van der Waals surface area contributed by atoms with Gasteiger partial charge in [0, 0.05) is 10.0 Å². The van der Waals surface area contributed by atoms with E-state index < -0.39 is 15.9 Å². The molecule has 2 N–H and O–H groups in total. The molecular formula is C20H15Cl3N2O4S. The third kappa shape index (κ3) is 5.17. The van der Waals surface area contributed by atoms with Crippen LogP contribution in [0.15, 0.2) is 65.6 Å². The van der Waals surface area contributed by atoms with Gasteiger partial charge >= 0.3 is 0 Å². The summed E-state index contributed by atoms with van der Waals surface area (Å²) in [6.45, 7) is 0. The van der Waals surface area contributed by atoms with Crippen LogP contribution < -0.4 is 14.8 Å². The van der Waals surface area contributed by atoms with Crippen molar-refractivity contribution in [1.82, 2.24) is 0 Å². The van der Waals surface area contributed by atoms with Gasteiger partial charge in [-0.3, -0.25) is 9.52 Å². The van der Waals surface area contributed by atoms with Gasteiger partial charge in [-0.2, -0.15) is 0 Å². The zero-order valence-electron chi connectivity index (χ0n) is 15.4. The standard InChI is InChI=1S/C20H15Cl3N2O4S/c1-29-19-8-6-15(30(27,28)25-14-4-2-3-12(21)9-14)11-18(19)24-20(26)16-7-5-13(22)10-17(16)23/h2-11,25H,1H3,(H,24,26). The van der Waals surface area contributed by atoms with Crippen LogP contribution >= 0.6 is 34.8 Å². The quantitative estimate of drug-likeness (QED) is 0.468. The lowest BCUT2D eigenvalue weighted by atomic mass is 10.2. The zero-order chi connectivity index (χ0) is 21.9. The molecule has 10 heteroatoms. The number of sulfonamides is 1. The van der Waals surface area contributed by atoms with Crippen LogP contribution in [0.25, 0.3) is 0 Å². The maximum absolute atomic E-state index is 12.8. The third-order valence-electron chi connectivity index (χ3n) is 3.98. The number of anilines is 2. The number of hydrogen-bond acceptors (Lipinski definition) is 4. The Balaban J connectivity index is 1.92. The maximum Gasteiger partial charge on any atom is 0.261 e. The first-order valence-electron chi connectivity index (χ1n) is 8.42. The molecule has 0 aliphatic carbocycles. The molecule has 0 saturated carbocycles. The van der Waals surface area contributed by atoms with Gasteiger partial charge < -0.3 is 10.1 Å². The van der Waals surface area contributed by atoms with Crippen molar-refractivity contribution >= 4 is 62.1 Å². The van der Waals surface area contributed by atoms with E-state index in [0.717, 1.165) is 0 Å². The highest BCUT2D eigenvalue weighted by Crippen LogP contribution is 2.30. The van der Waals surface area contributed by atoms with Crippen LogP contribution in [0.2, 0.25) is 15.1 Å². The summed E-state index contributed by atoms with van der Waals surface area (Å²) in [7, 11) is -2.55. The second-order valence-electron chi connectivity index (χ2n) is 6.06. The van der Waals surface area contributed by atoms with Gasteiger partial charge in [-0.15, -0.1) is 0 Å². The van der Waals surface area contributed by atoms with Crippen LogP contribution in [0, 0.1) is 0 Å². The van der Waals surface area contributed by atoms with E-state index in [9.17, 15) is 13.2 Å². The Morgan fingerprint density at radius 3 is 2.33 bits per heavy atom. The van der Waals surface area contributed by atoms with Crippen molar-refractivity contribution in [2.45, 2.75) is 4.90 Å². The Kier molecular flexibility index (Phi) is 6.77. The molecule has 1 amide bonds. The Labute approximate surface area is 188 Å². The highest BCUT2D eigenvalue weighted by Gasteiger charge is 2.19. The third-order valence-corrected chi connectivity index (χ3v) is 6.14. The summed E-state index contributed by atoms with van der Waals surface area (Å²) in [5.74, 6) is -0.276. The minimum absolute atomic E-state index is 0.0826. The van der Waals surface area contributed by atoms with Crippen molar-refractivity contribution in [2.24, 2.45) is 0 Å². The summed E-state index contributed by atoms with van der Waals surface area (Å²) < 4.78 is 33.2. The normalized spacial score (nSPS) is 11.1. The van der Waals surface area contributed by atoms with Crippen LogP contribution in [0.3, 0.4) is 0 Å². The van der Waals surface area contributed by atoms with Gasteiger partial charge in [-0.25, -0.2) is 8.42 Å².